The number of carbonyl (C=O) groups is 1. The van der Waals surface area contributed by atoms with Gasteiger partial charge in [-0.05, 0) is 55.1 Å². The van der Waals surface area contributed by atoms with Crippen molar-refractivity contribution in [2.75, 3.05) is 32.0 Å². The van der Waals surface area contributed by atoms with Crippen molar-refractivity contribution in [1.29, 1.82) is 0 Å². The molecule has 0 aliphatic carbocycles. The van der Waals surface area contributed by atoms with Gasteiger partial charge in [-0.15, -0.1) is 0 Å². The van der Waals surface area contributed by atoms with Crippen LogP contribution < -0.4 is 10.6 Å². The molecule has 1 atom stereocenters. The summed E-state index contributed by atoms with van der Waals surface area (Å²) >= 11 is 0. The average molecular weight is 325 g/mol. The Labute approximate surface area is 142 Å². The number of nitrogens with zero attached hydrogens (tertiary/aromatic N) is 3. The fourth-order valence-electron chi connectivity index (χ4n) is 3.09. The highest BCUT2D eigenvalue weighted by molar-refractivity contribution is 5.77. The van der Waals surface area contributed by atoms with Crippen LogP contribution in [-0.4, -0.2) is 47.5 Å². The molecule has 2 aromatic rings. The Bertz CT molecular complexity index is 676. The maximum atomic E-state index is 11.6. The van der Waals surface area contributed by atoms with Crippen molar-refractivity contribution in [3.05, 3.63) is 48.3 Å². The van der Waals surface area contributed by atoms with Crippen molar-refractivity contribution in [2.45, 2.75) is 18.8 Å². The van der Waals surface area contributed by atoms with E-state index in [4.69, 9.17) is 0 Å². The van der Waals surface area contributed by atoms with E-state index in [-0.39, 0.29) is 5.91 Å². The van der Waals surface area contributed by atoms with Gasteiger partial charge in [0.05, 0.1) is 6.54 Å². The van der Waals surface area contributed by atoms with Crippen LogP contribution in [0.3, 0.4) is 0 Å². The fourth-order valence-corrected chi connectivity index (χ4v) is 3.09. The minimum absolute atomic E-state index is 0.0721. The average Bonchev–Trinajstić information content (AvgIpc) is 2.63. The Balaban J connectivity index is 1.68. The molecule has 0 saturated carbocycles. The molecule has 3 rings (SSSR count). The van der Waals surface area contributed by atoms with Gasteiger partial charge in [0.2, 0.25) is 5.91 Å². The molecule has 126 valence electrons. The molecule has 6 heteroatoms. The topological polar surface area (TPSA) is 70.2 Å². The first-order valence-corrected chi connectivity index (χ1v) is 8.31. The largest absolute Gasteiger partial charge is 0.358 e. The summed E-state index contributed by atoms with van der Waals surface area (Å²) in [5.74, 6) is 2.08. The molecule has 1 fully saturated rings. The van der Waals surface area contributed by atoms with E-state index in [1.54, 1.807) is 13.2 Å². The van der Waals surface area contributed by atoms with E-state index in [0.29, 0.717) is 12.5 Å². The molecule has 6 nitrogen and oxygen atoms in total. The predicted molar refractivity (Wildman–Crippen MR) is 94.2 cm³/mol. The second-order valence-electron chi connectivity index (χ2n) is 6.06. The summed E-state index contributed by atoms with van der Waals surface area (Å²) in [5, 5.41) is 5.93. The van der Waals surface area contributed by atoms with E-state index in [1.807, 2.05) is 24.4 Å². The third-order valence-corrected chi connectivity index (χ3v) is 4.33. The van der Waals surface area contributed by atoms with E-state index in [2.05, 4.69) is 37.6 Å². The van der Waals surface area contributed by atoms with Crippen molar-refractivity contribution in [3.8, 4) is 0 Å². The van der Waals surface area contributed by atoms with Crippen molar-refractivity contribution < 1.29 is 4.79 Å². The van der Waals surface area contributed by atoms with Crippen LogP contribution >= 0.6 is 0 Å². The number of piperidine rings is 1. The van der Waals surface area contributed by atoms with Crippen LogP contribution in [-0.2, 0) is 4.79 Å². The summed E-state index contributed by atoms with van der Waals surface area (Å²) in [6, 6.07) is 9.90. The number of carbonyl (C=O) groups excluding carboxylic acids is 1. The lowest BCUT2D eigenvalue weighted by Gasteiger charge is -2.32. The summed E-state index contributed by atoms with van der Waals surface area (Å²) in [6.45, 7) is 2.35. The Morgan fingerprint density at radius 1 is 1.25 bits per heavy atom. The second kappa shape index (κ2) is 7.88. The number of nitrogens with one attached hydrogen (secondary N) is 2. The summed E-state index contributed by atoms with van der Waals surface area (Å²) in [5.41, 5.74) is 1.25. The number of likely N-dealkylation sites (tertiary alicyclic amines) is 1. The van der Waals surface area contributed by atoms with Gasteiger partial charge in [0, 0.05) is 26.0 Å². The van der Waals surface area contributed by atoms with Crippen LogP contribution in [0, 0.1) is 0 Å². The van der Waals surface area contributed by atoms with Gasteiger partial charge in [0.1, 0.15) is 11.6 Å². The highest BCUT2D eigenvalue weighted by Crippen LogP contribution is 2.28. The SMILES string of the molecule is CNC(=O)CN1CCCC(c2ccnc(Nc3ccccn3)c2)C1. The molecule has 2 aromatic heterocycles. The van der Waals surface area contributed by atoms with E-state index in [0.717, 1.165) is 37.6 Å². The van der Waals surface area contributed by atoms with Crippen molar-refractivity contribution in [3.63, 3.8) is 0 Å². The monoisotopic (exact) mass is 325 g/mol. The lowest BCUT2D eigenvalue weighted by atomic mass is 9.91. The molecule has 0 spiro atoms. The standard InChI is InChI=1S/C18H23N5O/c1-19-18(24)13-23-10-4-5-15(12-23)14-7-9-21-17(11-14)22-16-6-2-3-8-20-16/h2-3,6-9,11,15H,4-5,10,12-13H2,1H3,(H,19,24)(H,20,21,22). The lowest BCUT2D eigenvalue weighted by molar-refractivity contribution is -0.122. The Morgan fingerprint density at radius 2 is 2.12 bits per heavy atom. The van der Waals surface area contributed by atoms with E-state index in [9.17, 15) is 4.79 Å². The molecule has 24 heavy (non-hydrogen) atoms. The molecule has 3 heterocycles. The quantitative estimate of drug-likeness (QED) is 0.881. The minimum Gasteiger partial charge on any atom is -0.358 e. The number of aromatic nitrogens is 2. The summed E-state index contributed by atoms with van der Waals surface area (Å²) in [6.07, 6.45) is 5.83. The minimum atomic E-state index is 0.0721. The number of likely N-dealkylation sites (N-methyl/N-ethyl adjacent to an activating group) is 1. The van der Waals surface area contributed by atoms with Crippen LogP contribution in [0.5, 0.6) is 0 Å². The Morgan fingerprint density at radius 3 is 2.92 bits per heavy atom. The third-order valence-electron chi connectivity index (χ3n) is 4.33. The number of pyridine rings is 2. The number of hydrogen-bond donors (Lipinski definition) is 2. The van der Waals surface area contributed by atoms with Gasteiger partial charge >= 0.3 is 0 Å². The fraction of sp³-hybridized carbons (Fsp3) is 0.389. The van der Waals surface area contributed by atoms with Gasteiger partial charge in [-0.25, -0.2) is 9.97 Å². The van der Waals surface area contributed by atoms with Crippen LogP contribution in [0.4, 0.5) is 11.6 Å². The van der Waals surface area contributed by atoms with Gasteiger partial charge in [0.25, 0.3) is 0 Å². The summed E-state index contributed by atoms with van der Waals surface area (Å²) < 4.78 is 0. The smallest absolute Gasteiger partial charge is 0.233 e. The molecule has 0 bridgehead atoms. The molecule has 1 aliphatic heterocycles. The van der Waals surface area contributed by atoms with Gasteiger partial charge < -0.3 is 10.6 Å². The summed E-state index contributed by atoms with van der Waals surface area (Å²) in [7, 11) is 1.68. The molecule has 1 saturated heterocycles. The Kier molecular flexibility index (Phi) is 5.38. The number of amides is 1. The molecule has 0 aromatic carbocycles. The van der Waals surface area contributed by atoms with E-state index >= 15 is 0 Å². The van der Waals surface area contributed by atoms with Crippen molar-refractivity contribution in [1.82, 2.24) is 20.2 Å². The zero-order valence-electron chi connectivity index (χ0n) is 13.9. The zero-order valence-corrected chi connectivity index (χ0v) is 13.9. The van der Waals surface area contributed by atoms with Gasteiger partial charge in [0.15, 0.2) is 0 Å². The van der Waals surface area contributed by atoms with Gasteiger partial charge in [-0.3, -0.25) is 9.69 Å². The van der Waals surface area contributed by atoms with Gasteiger partial charge in [-0.1, -0.05) is 6.07 Å². The second-order valence-corrected chi connectivity index (χ2v) is 6.06. The number of rotatable bonds is 5. The first-order chi connectivity index (χ1) is 11.7. The highest BCUT2D eigenvalue weighted by Gasteiger charge is 2.22. The lowest BCUT2D eigenvalue weighted by Crippen LogP contribution is -2.41. The number of hydrogen-bond acceptors (Lipinski definition) is 5. The summed E-state index contributed by atoms with van der Waals surface area (Å²) in [4.78, 5) is 22.5. The molecule has 1 unspecified atom stereocenters. The highest BCUT2D eigenvalue weighted by atomic mass is 16.1. The molecule has 0 radical (unpaired) electrons. The zero-order chi connectivity index (χ0) is 16.8. The van der Waals surface area contributed by atoms with Crippen molar-refractivity contribution in [2.24, 2.45) is 0 Å². The van der Waals surface area contributed by atoms with Crippen LogP contribution in [0.25, 0.3) is 0 Å². The maximum absolute atomic E-state index is 11.6. The van der Waals surface area contributed by atoms with Crippen LogP contribution in [0.15, 0.2) is 42.7 Å². The van der Waals surface area contributed by atoms with Crippen LogP contribution in [0.2, 0.25) is 0 Å². The molecule has 1 amide bonds. The first kappa shape index (κ1) is 16.4. The normalized spacial score (nSPS) is 18.1. The molecular formula is C18H23N5O. The van der Waals surface area contributed by atoms with Crippen LogP contribution in [0.1, 0.15) is 24.3 Å². The molecular weight excluding hydrogens is 302 g/mol. The predicted octanol–water partition coefficient (Wildman–Crippen LogP) is 2.15. The third kappa shape index (κ3) is 4.29. The maximum Gasteiger partial charge on any atom is 0.233 e. The van der Waals surface area contributed by atoms with E-state index < -0.39 is 0 Å². The van der Waals surface area contributed by atoms with Crippen molar-refractivity contribution >= 4 is 17.5 Å². The first-order valence-electron chi connectivity index (χ1n) is 8.31. The Hall–Kier alpha value is -2.47. The number of anilines is 2. The molecule has 2 N–H and O–H groups in total. The van der Waals surface area contributed by atoms with Gasteiger partial charge in [-0.2, -0.15) is 0 Å². The molecule has 1 aliphatic rings. The van der Waals surface area contributed by atoms with E-state index in [1.165, 1.54) is 5.56 Å².